The number of nitrogens with zero attached hydrogens (tertiary/aromatic N) is 1. The molecule has 5 nitrogen and oxygen atoms in total. The Morgan fingerprint density at radius 3 is 2.90 bits per heavy atom. The first-order valence-corrected chi connectivity index (χ1v) is 10.0. The van der Waals surface area contributed by atoms with E-state index in [1.807, 2.05) is 19.9 Å². The number of carbonyl (C=O) groups is 1. The number of methoxy groups -OCH3 is 1. The smallest absolute Gasteiger partial charge is 0.251 e. The highest BCUT2D eigenvalue weighted by molar-refractivity contribution is 6.31. The number of ether oxygens (including phenoxy) is 2. The summed E-state index contributed by atoms with van der Waals surface area (Å²) in [6, 6.07) is 9.53. The van der Waals surface area contributed by atoms with Crippen molar-refractivity contribution in [1.29, 1.82) is 0 Å². The van der Waals surface area contributed by atoms with Gasteiger partial charge in [0.1, 0.15) is 11.6 Å². The van der Waals surface area contributed by atoms with E-state index in [1.54, 1.807) is 31.4 Å². The third-order valence-electron chi connectivity index (χ3n) is 5.17. The van der Waals surface area contributed by atoms with E-state index in [4.69, 9.17) is 21.1 Å². The molecule has 1 heterocycles. The zero-order valence-electron chi connectivity index (χ0n) is 16.9. The van der Waals surface area contributed by atoms with Crippen molar-refractivity contribution in [3.63, 3.8) is 0 Å². The summed E-state index contributed by atoms with van der Waals surface area (Å²) in [6.07, 6.45) is 0.0221. The highest BCUT2D eigenvalue weighted by Gasteiger charge is 2.29. The van der Waals surface area contributed by atoms with Crippen LogP contribution in [0.15, 0.2) is 36.4 Å². The molecule has 0 aromatic heterocycles. The Morgan fingerprint density at radius 1 is 1.41 bits per heavy atom. The molecule has 0 radical (unpaired) electrons. The first-order valence-electron chi connectivity index (χ1n) is 9.63. The lowest BCUT2D eigenvalue weighted by atomic mass is 10.0. The second-order valence-corrected chi connectivity index (χ2v) is 7.63. The maximum absolute atomic E-state index is 14.7. The average Bonchev–Trinajstić information content (AvgIpc) is 2.70. The Balaban J connectivity index is 1.82. The molecule has 2 aromatic rings. The van der Waals surface area contributed by atoms with Crippen molar-refractivity contribution in [1.82, 2.24) is 10.2 Å². The molecular formula is C22H26ClFN2O3. The van der Waals surface area contributed by atoms with Crippen LogP contribution < -0.4 is 10.1 Å². The third kappa shape index (κ3) is 5.07. The number of hydrogen-bond acceptors (Lipinski definition) is 4. The van der Waals surface area contributed by atoms with Crippen molar-refractivity contribution in [3.05, 3.63) is 63.9 Å². The maximum Gasteiger partial charge on any atom is 0.251 e. The summed E-state index contributed by atoms with van der Waals surface area (Å²) in [6.45, 7) is 5.92. The molecule has 0 spiro atoms. The van der Waals surface area contributed by atoms with E-state index in [1.165, 1.54) is 6.07 Å². The highest BCUT2D eigenvalue weighted by atomic mass is 35.5. The van der Waals surface area contributed by atoms with Gasteiger partial charge in [-0.05, 0) is 43.7 Å². The van der Waals surface area contributed by atoms with Crippen LogP contribution in [0.3, 0.4) is 0 Å². The van der Waals surface area contributed by atoms with Gasteiger partial charge in [-0.15, -0.1) is 0 Å². The monoisotopic (exact) mass is 420 g/mol. The fourth-order valence-electron chi connectivity index (χ4n) is 3.62. The van der Waals surface area contributed by atoms with E-state index in [0.717, 1.165) is 5.56 Å². The molecule has 0 bridgehead atoms. The molecule has 0 aliphatic carbocycles. The Bertz CT molecular complexity index is 857. The summed E-state index contributed by atoms with van der Waals surface area (Å²) < 4.78 is 25.6. The van der Waals surface area contributed by atoms with E-state index in [0.29, 0.717) is 41.6 Å². The molecular weight excluding hydrogens is 395 g/mol. The van der Waals surface area contributed by atoms with Gasteiger partial charge < -0.3 is 14.8 Å². The summed E-state index contributed by atoms with van der Waals surface area (Å²) in [7, 11) is 1.57. The van der Waals surface area contributed by atoms with Gasteiger partial charge in [0.15, 0.2) is 0 Å². The van der Waals surface area contributed by atoms with Crippen LogP contribution in [-0.2, 0) is 4.74 Å². The minimum atomic E-state index is -0.397. The van der Waals surface area contributed by atoms with E-state index >= 15 is 0 Å². The molecule has 2 atom stereocenters. The number of morpholine rings is 1. The lowest BCUT2D eigenvalue weighted by molar-refractivity contribution is -0.0346. The molecule has 1 saturated heterocycles. The molecule has 3 rings (SSSR count). The Hall–Kier alpha value is -2.15. The molecule has 7 heteroatoms. The number of benzene rings is 2. The molecule has 1 N–H and O–H groups in total. The summed E-state index contributed by atoms with van der Waals surface area (Å²) in [5.41, 5.74) is 1.83. The predicted molar refractivity (Wildman–Crippen MR) is 111 cm³/mol. The van der Waals surface area contributed by atoms with Crippen LogP contribution in [0, 0.1) is 12.7 Å². The van der Waals surface area contributed by atoms with E-state index < -0.39 is 6.04 Å². The zero-order chi connectivity index (χ0) is 21.0. The SMILES string of the molecule is COc1cc(C(=O)NCC(c2c(F)cccc2Cl)N2CCOC(C)C2)ccc1C. The van der Waals surface area contributed by atoms with Crippen LogP contribution in [-0.4, -0.2) is 50.3 Å². The first-order chi connectivity index (χ1) is 13.9. The summed E-state index contributed by atoms with van der Waals surface area (Å²) in [5.74, 6) is 0.0170. The number of aryl methyl sites for hydroxylation is 1. The van der Waals surface area contributed by atoms with Crippen molar-refractivity contribution in [2.45, 2.75) is 26.0 Å². The number of hydrogen-bond donors (Lipinski definition) is 1. The molecule has 1 aliphatic heterocycles. The molecule has 156 valence electrons. The number of halogens is 2. The van der Waals surface area contributed by atoms with Gasteiger partial charge in [0.2, 0.25) is 0 Å². The van der Waals surface area contributed by atoms with Gasteiger partial charge >= 0.3 is 0 Å². The maximum atomic E-state index is 14.7. The topological polar surface area (TPSA) is 50.8 Å². The lowest BCUT2D eigenvalue weighted by Crippen LogP contribution is -2.47. The van der Waals surface area contributed by atoms with Crippen molar-refractivity contribution in [2.24, 2.45) is 0 Å². The van der Waals surface area contributed by atoms with E-state index in [-0.39, 0.29) is 24.4 Å². The highest BCUT2D eigenvalue weighted by Crippen LogP contribution is 2.31. The quantitative estimate of drug-likeness (QED) is 0.767. The average molecular weight is 421 g/mol. The zero-order valence-corrected chi connectivity index (χ0v) is 17.6. The van der Waals surface area contributed by atoms with E-state index in [9.17, 15) is 9.18 Å². The van der Waals surface area contributed by atoms with Gasteiger partial charge in [0, 0.05) is 35.8 Å². The standard InChI is InChI=1S/C22H26ClFN2O3/c1-14-7-8-16(11-20(14)28-3)22(27)25-12-19(26-9-10-29-15(2)13-26)21-17(23)5-4-6-18(21)24/h4-8,11,15,19H,9-10,12-13H2,1-3H3,(H,25,27). The van der Waals surface area contributed by atoms with Crippen LogP contribution in [0.1, 0.15) is 34.5 Å². The second kappa shape index (κ2) is 9.57. The fourth-order valence-corrected chi connectivity index (χ4v) is 3.91. The van der Waals surface area contributed by atoms with Crippen molar-refractivity contribution in [2.75, 3.05) is 33.4 Å². The minimum Gasteiger partial charge on any atom is -0.496 e. The molecule has 29 heavy (non-hydrogen) atoms. The minimum absolute atomic E-state index is 0.0221. The Kier molecular flexibility index (Phi) is 7.11. The third-order valence-corrected chi connectivity index (χ3v) is 5.50. The number of amides is 1. The Labute approximate surface area is 175 Å². The number of nitrogens with one attached hydrogen (secondary N) is 1. The van der Waals surface area contributed by atoms with Gasteiger partial charge in [-0.25, -0.2) is 4.39 Å². The Morgan fingerprint density at radius 2 is 2.21 bits per heavy atom. The van der Waals surface area contributed by atoms with Crippen LogP contribution in [0.4, 0.5) is 4.39 Å². The molecule has 1 amide bonds. The summed E-state index contributed by atoms with van der Waals surface area (Å²) >= 11 is 6.34. The fraction of sp³-hybridized carbons (Fsp3) is 0.409. The van der Waals surface area contributed by atoms with Crippen LogP contribution in [0.5, 0.6) is 5.75 Å². The normalized spacial score (nSPS) is 18.3. The number of rotatable bonds is 6. The number of carbonyl (C=O) groups excluding carboxylic acids is 1. The molecule has 1 aliphatic rings. The second-order valence-electron chi connectivity index (χ2n) is 7.22. The van der Waals surface area contributed by atoms with E-state index in [2.05, 4.69) is 10.2 Å². The summed E-state index contributed by atoms with van der Waals surface area (Å²) in [4.78, 5) is 14.8. The van der Waals surface area contributed by atoms with Crippen molar-refractivity contribution < 1.29 is 18.7 Å². The lowest BCUT2D eigenvalue weighted by Gasteiger charge is -2.38. The van der Waals surface area contributed by atoms with Crippen LogP contribution in [0.25, 0.3) is 0 Å². The van der Waals surface area contributed by atoms with Gasteiger partial charge in [-0.3, -0.25) is 9.69 Å². The first kappa shape index (κ1) is 21.6. The summed E-state index contributed by atoms with van der Waals surface area (Å²) in [5, 5.41) is 3.28. The van der Waals surface area contributed by atoms with Gasteiger partial charge in [-0.2, -0.15) is 0 Å². The van der Waals surface area contributed by atoms with Gasteiger partial charge in [-0.1, -0.05) is 23.7 Å². The van der Waals surface area contributed by atoms with Crippen molar-refractivity contribution in [3.8, 4) is 5.75 Å². The molecule has 0 saturated carbocycles. The molecule has 2 unspecified atom stereocenters. The van der Waals surface area contributed by atoms with Crippen molar-refractivity contribution >= 4 is 17.5 Å². The predicted octanol–water partition coefficient (Wildman–Crippen LogP) is 3.99. The van der Waals surface area contributed by atoms with Gasteiger partial charge in [0.05, 0.1) is 25.9 Å². The largest absolute Gasteiger partial charge is 0.496 e. The molecule has 1 fully saturated rings. The molecule has 2 aromatic carbocycles. The van der Waals surface area contributed by atoms with Crippen LogP contribution >= 0.6 is 11.6 Å². The van der Waals surface area contributed by atoms with Gasteiger partial charge in [0.25, 0.3) is 5.91 Å². The van der Waals surface area contributed by atoms with Crippen LogP contribution in [0.2, 0.25) is 5.02 Å².